The van der Waals surface area contributed by atoms with E-state index in [-0.39, 0.29) is 0 Å². The Kier molecular flexibility index (Phi) is 3.97. The van der Waals surface area contributed by atoms with Gasteiger partial charge in [0.1, 0.15) is 5.54 Å². The van der Waals surface area contributed by atoms with Crippen molar-refractivity contribution in [1.82, 2.24) is 0 Å². The average molecular weight is 265 g/mol. The molecule has 0 bridgehead atoms. The van der Waals surface area contributed by atoms with Crippen molar-refractivity contribution in [2.75, 3.05) is 0 Å². The summed E-state index contributed by atoms with van der Waals surface area (Å²) in [4.78, 5) is 12.4. The van der Waals surface area contributed by atoms with Crippen molar-refractivity contribution in [3.8, 4) is 0 Å². The van der Waals surface area contributed by atoms with E-state index in [2.05, 4.69) is 25.1 Å². The number of carboxylic acid groups (broad SMARTS) is 1. The van der Waals surface area contributed by atoms with Crippen LogP contribution in [0.15, 0.2) is 29.2 Å². The zero-order valence-corrected chi connectivity index (χ0v) is 11.4. The van der Waals surface area contributed by atoms with Crippen molar-refractivity contribution < 1.29 is 9.90 Å². The van der Waals surface area contributed by atoms with E-state index in [1.54, 1.807) is 11.8 Å². The third-order valence-electron chi connectivity index (χ3n) is 3.46. The Hall–Kier alpha value is -1.00. The van der Waals surface area contributed by atoms with Crippen LogP contribution < -0.4 is 5.73 Å². The molecule has 98 valence electrons. The zero-order chi connectivity index (χ0) is 13.2. The van der Waals surface area contributed by atoms with Gasteiger partial charge >= 0.3 is 5.97 Å². The summed E-state index contributed by atoms with van der Waals surface area (Å²) in [7, 11) is 0. The van der Waals surface area contributed by atoms with Gasteiger partial charge < -0.3 is 10.8 Å². The first-order valence-corrected chi connectivity index (χ1v) is 7.13. The number of carboxylic acids is 1. The molecule has 0 amide bonds. The molecule has 4 heteroatoms. The highest BCUT2D eigenvalue weighted by molar-refractivity contribution is 8.00. The van der Waals surface area contributed by atoms with Crippen LogP contribution in [0.25, 0.3) is 0 Å². The summed E-state index contributed by atoms with van der Waals surface area (Å²) >= 11 is 1.76. The van der Waals surface area contributed by atoms with Crippen molar-refractivity contribution in [1.29, 1.82) is 0 Å². The van der Waals surface area contributed by atoms with E-state index in [1.807, 2.05) is 6.07 Å². The Balaban J connectivity index is 2.04. The van der Waals surface area contributed by atoms with Gasteiger partial charge in [0.2, 0.25) is 0 Å². The largest absolute Gasteiger partial charge is 0.480 e. The molecule has 1 aromatic rings. The van der Waals surface area contributed by atoms with Crippen LogP contribution in [0, 0.1) is 6.92 Å². The van der Waals surface area contributed by atoms with Gasteiger partial charge in [0.25, 0.3) is 0 Å². The SMILES string of the molecule is Cc1cccc(SC2CCCC(N)(C(=O)O)C2)c1. The molecule has 1 aliphatic rings. The van der Waals surface area contributed by atoms with Gasteiger partial charge in [-0.25, -0.2) is 0 Å². The monoisotopic (exact) mass is 265 g/mol. The third kappa shape index (κ3) is 3.06. The van der Waals surface area contributed by atoms with Crippen LogP contribution in [0.5, 0.6) is 0 Å². The molecule has 2 unspecified atom stereocenters. The molecule has 0 aromatic heterocycles. The second-order valence-corrected chi connectivity index (χ2v) is 6.49. The lowest BCUT2D eigenvalue weighted by molar-refractivity contribution is -0.144. The van der Waals surface area contributed by atoms with Crippen molar-refractivity contribution in [3.63, 3.8) is 0 Å². The Morgan fingerprint density at radius 2 is 2.33 bits per heavy atom. The van der Waals surface area contributed by atoms with Crippen LogP contribution in [0.3, 0.4) is 0 Å². The number of hydrogen-bond acceptors (Lipinski definition) is 3. The molecule has 0 radical (unpaired) electrons. The summed E-state index contributed by atoms with van der Waals surface area (Å²) in [5.41, 5.74) is 6.16. The summed E-state index contributed by atoms with van der Waals surface area (Å²) in [6.45, 7) is 2.06. The number of nitrogens with two attached hydrogens (primary N) is 1. The maximum atomic E-state index is 11.2. The Labute approximate surface area is 112 Å². The number of carbonyl (C=O) groups is 1. The van der Waals surface area contributed by atoms with Crippen LogP contribution >= 0.6 is 11.8 Å². The molecule has 2 rings (SSSR count). The summed E-state index contributed by atoms with van der Waals surface area (Å²) < 4.78 is 0. The van der Waals surface area contributed by atoms with Gasteiger partial charge in [0.05, 0.1) is 0 Å². The van der Waals surface area contributed by atoms with Gasteiger partial charge in [-0.2, -0.15) is 0 Å². The van der Waals surface area contributed by atoms with Gasteiger partial charge in [-0.1, -0.05) is 17.7 Å². The summed E-state index contributed by atoms with van der Waals surface area (Å²) in [5.74, 6) is -0.864. The molecule has 0 saturated heterocycles. The number of benzene rings is 1. The molecule has 1 saturated carbocycles. The minimum atomic E-state index is -1.03. The quantitative estimate of drug-likeness (QED) is 0.882. The van der Waals surface area contributed by atoms with Crippen LogP contribution in [0.2, 0.25) is 0 Å². The van der Waals surface area contributed by atoms with Gasteiger partial charge in [-0.05, 0) is 44.7 Å². The fourth-order valence-corrected chi connectivity index (χ4v) is 3.89. The summed E-state index contributed by atoms with van der Waals surface area (Å²) in [6.07, 6.45) is 3.09. The van der Waals surface area contributed by atoms with Gasteiger partial charge in [-0.3, -0.25) is 4.79 Å². The van der Waals surface area contributed by atoms with E-state index in [0.29, 0.717) is 18.1 Å². The van der Waals surface area contributed by atoms with Gasteiger partial charge in [0, 0.05) is 10.1 Å². The first-order valence-electron chi connectivity index (χ1n) is 6.25. The standard InChI is InChI=1S/C14H19NO2S/c1-10-4-2-5-11(8-10)18-12-6-3-7-14(15,9-12)13(16)17/h2,4-5,8,12H,3,6-7,9,15H2,1H3,(H,16,17). The van der Waals surface area contributed by atoms with E-state index >= 15 is 0 Å². The lowest BCUT2D eigenvalue weighted by Gasteiger charge is -2.34. The van der Waals surface area contributed by atoms with E-state index in [0.717, 1.165) is 12.8 Å². The molecular formula is C14H19NO2S. The number of aliphatic carboxylic acids is 1. The Morgan fingerprint density at radius 1 is 1.56 bits per heavy atom. The fraction of sp³-hybridized carbons (Fsp3) is 0.500. The lowest BCUT2D eigenvalue weighted by atomic mass is 9.82. The van der Waals surface area contributed by atoms with Crippen molar-refractivity contribution in [2.45, 2.75) is 48.3 Å². The maximum Gasteiger partial charge on any atom is 0.323 e. The highest BCUT2D eigenvalue weighted by Crippen LogP contribution is 2.37. The average Bonchev–Trinajstić information content (AvgIpc) is 2.29. The number of rotatable bonds is 3. The van der Waals surface area contributed by atoms with Crippen molar-refractivity contribution >= 4 is 17.7 Å². The van der Waals surface area contributed by atoms with Crippen LogP contribution in [-0.4, -0.2) is 21.9 Å². The first-order chi connectivity index (χ1) is 8.49. The molecule has 2 atom stereocenters. The first kappa shape index (κ1) is 13.4. The Morgan fingerprint density at radius 3 is 3.00 bits per heavy atom. The molecule has 3 N–H and O–H groups in total. The normalized spacial score (nSPS) is 28.0. The van der Waals surface area contributed by atoms with E-state index in [1.165, 1.54) is 10.5 Å². The third-order valence-corrected chi connectivity index (χ3v) is 4.72. The van der Waals surface area contributed by atoms with Crippen LogP contribution in [0.4, 0.5) is 0 Å². The van der Waals surface area contributed by atoms with E-state index in [9.17, 15) is 9.90 Å². The maximum absolute atomic E-state index is 11.2. The molecule has 0 spiro atoms. The zero-order valence-electron chi connectivity index (χ0n) is 10.6. The number of hydrogen-bond donors (Lipinski definition) is 2. The topological polar surface area (TPSA) is 63.3 Å². The predicted octanol–water partition coefficient (Wildman–Crippen LogP) is 2.81. The molecule has 1 fully saturated rings. The van der Waals surface area contributed by atoms with Crippen LogP contribution in [0.1, 0.15) is 31.2 Å². The second kappa shape index (κ2) is 5.33. The summed E-state index contributed by atoms with van der Waals surface area (Å²) in [5, 5.41) is 9.50. The molecular weight excluding hydrogens is 246 g/mol. The van der Waals surface area contributed by atoms with Gasteiger partial charge in [-0.15, -0.1) is 11.8 Å². The van der Waals surface area contributed by atoms with Gasteiger partial charge in [0.15, 0.2) is 0 Å². The molecule has 3 nitrogen and oxygen atoms in total. The smallest absolute Gasteiger partial charge is 0.323 e. The number of thioether (sulfide) groups is 1. The van der Waals surface area contributed by atoms with E-state index in [4.69, 9.17) is 5.73 Å². The number of aryl methyl sites for hydroxylation is 1. The minimum absolute atomic E-state index is 0.307. The Bertz CT molecular complexity index is 449. The molecule has 0 heterocycles. The highest BCUT2D eigenvalue weighted by atomic mass is 32.2. The molecule has 1 aliphatic carbocycles. The lowest BCUT2D eigenvalue weighted by Crippen LogP contribution is -2.51. The van der Waals surface area contributed by atoms with Crippen molar-refractivity contribution in [2.24, 2.45) is 5.73 Å². The van der Waals surface area contributed by atoms with Crippen molar-refractivity contribution in [3.05, 3.63) is 29.8 Å². The van der Waals surface area contributed by atoms with Crippen LogP contribution in [-0.2, 0) is 4.79 Å². The van der Waals surface area contributed by atoms with E-state index < -0.39 is 11.5 Å². The molecule has 0 aliphatic heterocycles. The fourth-order valence-electron chi connectivity index (χ4n) is 2.43. The molecule has 1 aromatic carbocycles. The predicted molar refractivity (Wildman–Crippen MR) is 73.8 cm³/mol. The highest BCUT2D eigenvalue weighted by Gasteiger charge is 2.39. The summed E-state index contributed by atoms with van der Waals surface area (Å²) in [6, 6.07) is 8.31. The second-order valence-electron chi connectivity index (χ2n) is 5.11. The molecule has 18 heavy (non-hydrogen) atoms. The minimum Gasteiger partial charge on any atom is -0.480 e.